The van der Waals surface area contributed by atoms with Crippen molar-refractivity contribution in [1.29, 1.82) is 0 Å². The molecule has 0 radical (unpaired) electrons. The van der Waals surface area contributed by atoms with E-state index in [2.05, 4.69) is 26.3 Å². The van der Waals surface area contributed by atoms with Gasteiger partial charge in [-0.15, -0.1) is 0 Å². The predicted octanol–water partition coefficient (Wildman–Crippen LogP) is 2.75. The van der Waals surface area contributed by atoms with Gasteiger partial charge >= 0.3 is 0 Å². The smallest absolute Gasteiger partial charge is 0.132 e. The normalized spacial score (nSPS) is 10.9. The summed E-state index contributed by atoms with van der Waals surface area (Å²) in [5, 5.41) is 7.51. The van der Waals surface area contributed by atoms with Gasteiger partial charge < -0.3 is 5.32 Å². The van der Waals surface area contributed by atoms with Gasteiger partial charge in [0, 0.05) is 25.6 Å². The molecule has 0 saturated heterocycles. The lowest BCUT2D eigenvalue weighted by Gasteiger charge is -2.04. The first-order valence-corrected chi connectivity index (χ1v) is 6.55. The van der Waals surface area contributed by atoms with E-state index in [1.54, 1.807) is 16.8 Å². The number of halogens is 2. The molecule has 0 aliphatic heterocycles. The van der Waals surface area contributed by atoms with Gasteiger partial charge in [-0.05, 0) is 35.1 Å². The van der Waals surface area contributed by atoms with Gasteiger partial charge in [-0.2, -0.15) is 5.10 Å². The molecule has 0 fully saturated rings. The summed E-state index contributed by atoms with van der Waals surface area (Å²) in [6.07, 6.45) is 0.805. The van der Waals surface area contributed by atoms with Crippen LogP contribution in [0.4, 0.5) is 4.39 Å². The summed E-state index contributed by atoms with van der Waals surface area (Å²) in [6, 6.07) is 6.73. The third-order valence-corrected chi connectivity index (χ3v) is 3.63. The Morgan fingerprint density at radius 3 is 2.78 bits per heavy atom. The number of aryl methyl sites for hydroxylation is 1. The van der Waals surface area contributed by atoms with Crippen LogP contribution in [0.1, 0.15) is 5.69 Å². The average Bonchev–Trinajstić information content (AvgIpc) is 2.63. The van der Waals surface area contributed by atoms with Gasteiger partial charge in [0.05, 0.1) is 15.9 Å². The Kier molecular flexibility index (Phi) is 4.14. The van der Waals surface area contributed by atoms with E-state index in [1.165, 1.54) is 6.07 Å². The maximum Gasteiger partial charge on any atom is 0.132 e. The van der Waals surface area contributed by atoms with Crippen LogP contribution in [0, 0.1) is 5.82 Å². The van der Waals surface area contributed by atoms with Gasteiger partial charge in [0.15, 0.2) is 0 Å². The van der Waals surface area contributed by atoms with E-state index in [9.17, 15) is 4.39 Å². The molecular weight excluding hydrogens is 297 g/mol. The monoisotopic (exact) mass is 311 g/mol. The van der Waals surface area contributed by atoms with Crippen LogP contribution >= 0.6 is 15.9 Å². The van der Waals surface area contributed by atoms with Gasteiger partial charge in [-0.25, -0.2) is 4.39 Å². The highest BCUT2D eigenvalue weighted by atomic mass is 79.9. The lowest BCUT2D eigenvalue weighted by atomic mass is 10.1. The Balaban J connectivity index is 2.46. The first kappa shape index (κ1) is 13.2. The Labute approximate surface area is 114 Å². The second-order valence-electron chi connectivity index (χ2n) is 4.07. The minimum absolute atomic E-state index is 0.235. The zero-order valence-electron chi connectivity index (χ0n) is 10.4. The van der Waals surface area contributed by atoms with E-state index < -0.39 is 0 Å². The molecule has 0 bridgehead atoms. The van der Waals surface area contributed by atoms with Crippen LogP contribution in [0.5, 0.6) is 0 Å². The van der Waals surface area contributed by atoms with Crippen molar-refractivity contribution in [3.8, 4) is 11.3 Å². The first-order chi connectivity index (χ1) is 8.65. The Morgan fingerprint density at radius 2 is 2.11 bits per heavy atom. The molecule has 0 saturated carbocycles. The Bertz CT molecular complexity index is 551. The van der Waals surface area contributed by atoms with Crippen LogP contribution in [0.15, 0.2) is 28.7 Å². The first-order valence-electron chi connectivity index (χ1n) is 5.76. The number of likely N-dealkylation sites (N-methyl/N-ethyl adjacent to an activating group) is 1. The molecule has 3 nitrogen and oxygen atoms in total. The van der Waals surface area contributed by atoms with Gasteiger partial charge in [0.1, 0.15) is 5.82 Å². The van der Waals surface area contributed by atoms with Crippen molar-refractivity contribution in [2.75, 3.05) is 13.6 Å². The standard InChI is InChI=1S/C13H15BrFN3/c1-16-8-7-11-12(14)13(18(2)17-11)9-5-3-4-6-10(9)15/h3-6,16H,7-8H2,1-2H3. The molecule has 0 atom stereocenters. The fraction of sp³-hybridized carbons (Fsp3) is 0.308. The van der Waals surface area contributed by atoms with Crippen molar-refractivity contribution in [1.82, 2.24) is 15.1 Å². The molecule has 2 rings (SSSR count). The number of nitrogens with one attached hydrogen (secondary N) is 1. The molecule has 1 aromatic carbocycles. The van der Waals surface area contributed by atoms with Crippen molar-refractivity contribution in [3.63, 3.8) is 0 Å². The van der Waals surface area contributed by atoms with Crippen LogP contribution in [0.25, 0.3) is 11.3 Å². The fourth-order valence-electron chi connectivity index (χ4n) is 1.90. The average molecular weight is 312 g/mol. The molecule has 0 aliphatic carbocycles. The molecule has 1 heterocycles. The predicted molar refractivity (Wildman–Crippen MR) is 73.9 cm³/mol. The summed E-state index contributed by atoms with van der Waals surface area (Å²) in [5.41, 5.74) is 2.28. The maximum absolute atomic E-state index is 13.8. The third-order valence-electron chi connectivity index (χ3n) is 2.80. The highest BCUT2D eigenvalue weighted by molar-refractivity contribution is 9.10. The molecule has 96 valence electrons. The summed E-state index contributed by atoms with van der Waals surface area (Å²) in [4.78, 5) is 0. The number of rotatable bonds is 4. The minimum atomic E-state index is -0.235. The summed E-state index contributed by atoms with van der Waals surface area (Å²) in [5.74, 6) is -0.235. The Morgan fingerprint density at radius 1 is 1.39 bits per heavy atom. The van der Waals surface area contributed by atoms with Crippen molar-refractivity contribution < 1.29 is 4.39 Å². The molecule has 1 aromatic heterocycles. The highest BCUT2D eigenvalue weighted by Gasteiger charge is 2.17. The maximum atomic E-state index is 13.8. The van der Waals surface area contributed by atoms with E-state index in [0.717, 1.165) is 28.8 Å². The number of hydrogen-bond donors (Lipinski definition) is 1. The van der Waals surface area contributed by atoms with E-state index in [-0.39, 0.29) is 5.82 Å². The van der Waals surface area contributed by atoms with Gasteiger partial charge in [0.25, 0.3) is 0 Å². The molecule has 0 unspecified atom stereocenters. The second kappa shape index (κ2) is 5.63. The number of hydrogen-bond acceptors (Lipinski definition) is 2. The van der Waals surface area contributed by atoms with Crippen molar-refractivity contribution in [2.24, 2.45) is 7.05 Å². The molecule has 18 heavy (non-hydrogen) atoms. The Hall–Kier alpha value is -1.20. The largest absolute Gasteiger partial charge is 0.319 e. The SMILES string of the molecule is CNCCc1nn(C)c(-c2ccccc2F)c1Br. The molecule has 0 amide bonds. The van der Waals surface area contributed by atoms with Crippen molar-refractivity contribution >= 4 is 15.9 Å². The number of aromatic nitrogens is 2. The second-order valence-corrected chi connectivity index (χ2v) is 4.86. The van der Waals surface area contributed by atoms with Crippen molar-refractivity contribution in [3.05, 3.63) is 40.2 Å². The van der Waals surface area contributed by atoms with E-state index >= 15 is 0 Å². The van der Waals surface area contributed by atoms with E-state index in [0.29, 0.717) is 5.56 Å². The van der Waals surface area contributed by atoms with Gasteiger partial charge in [-0.3, -0.25) is 4.68 Å². The molecule has 0 spiro atoms. The molecule has 0 aliphatic rings. The third kappa shape index (κ3) is 2.47. The van der Waals surface area contributed by atoms with Crippen LogP contribution in [-0.4, -0.2) is 23.4 Å². The number of benzene rings is 1. The van der Waals surface area contributed by atoms with Gasteiger partial charge in [-0.1, -0.05) is 12.1 Å². The van der Waals surface area contributed by atoms with Gasteiger partial charge in [0.2, 0.25) is 0 Å². The number of nitrogens with zero attached hydrogens (tertiary/aromatic N) is 2. The highest BCUT2D eigenvalue weighted by Crippen LogP contribution is 2.32. The van der Waals surface area contributed by atoms with Crippen LogP contribution in [0.2, 0.25) is 0 Å². The summed E-state index contributed by atoms with van der Waals surface area (Å²) < 4.78 is 16.4. The van der Waals surface area contributed by atoms with Crippen LogP contribution in [0.3, 0.4) is 0 Å². The zero-order valence-corrected chi connectivity index (χ0v) is 12.0. The van der Waals surface area contributed by atoms with Crippen molar-refractivity contribution in [2.45, 2.75) is 6.42 Å². The summed E-state index contributed by atoms with van der Waals surface area (Å²) in [7, 11) is 3.73. The fourth-order valence-corrected chi connectivity index (χ4v) is 2.65. The lowest BCUT2D eigenvalue weighted by molar-refractivity contribution is 0.627. The van der Waals surface area contributed by atoms with E-state index in [4.69, 9.17) is 0 Å². The topological polar surface area (TPSA) is 29.9 Å². The minimum Gasteiger partial charge on any atom is -0.319 e. The van der Waals surface area contributed by atoms with Crippen LogP contribution in [-0.2, 0) is 13.5 Å². The van der Waals surface area contributed by atoms with Crippen LogP contribution < -0.4 is 5.32 Å². The summed E-state index contributed by atoms with van der Waals surface area (Å²) in [6.45, 7) is 0.840. The summed E-state index contributed by atoms with van der Waals surface area (Å²) >= 11 is 3.53. The quantitative estimate of drug-likeness (QED) is 0.941. The molecule has 2 aromatic rings. The molecule has 5 heteroatoms. The lowest BCUT2D eigenvalue weighted by Crippen LogP contribution is -2.11. The zero-order chi connectivity index (χ0) is 13.1. The molecular formula is C13H15BrFN3. The molecule has 1 N–H and O–H groups in total. The van der Waals surface area contributed by atoms with E-state index in [1.807, 2.05) is 20.2 Å².